The molecule has 33 heavy (non-hydrogen) atoms. The number of carbonyl (C=O) groups is 3. The molecule has 2 heterocycles. The summed E-state index contributed by atoms with van der Waals surface area (Å²) in [4.78, 5) is 36.1. The first-order valence-electron chi connectivity index (χ1n) is 9.93. The van der Waals surface area contributed by atoms with Crippen LogP contribution in [0.25, 0.3) is 0 Å². The van der Waals surface area contributed by atoms with Gasteiger partial charge in [-0.1, -0.05) is 23.7 Å². The van der Waals surface area contributed by atoms with Gasteiger partial charge in [0.25, 0.3) is 5.91 Å². The van der Waals surface area contributed by atoms with E-state index in [0.29, 0.717) is 28.6 Å². The Morgan fingerprint density at radius 1 is 1.12 bits per heavy atom. The number of carbonyl (C=O) groups excluding carboxylic acids is 3. The van der Waals surface area contributed by atoms with E-state index in [1.165, 1.54) is 35.5 Å². The number of nitrogens with one attached hydrogen (secondary N) is 1. The molecule has 1 aromatic heterocycles. The third kappa shape index (κ3) is 5.21. The molecule has 0 spiro atoms. The van der Waals surface area contributed by atoms with Crippen LogP contribution in [0, 0.1) is 0 Å². The number of hydrogen-bond donors (Lipinski definition) is 2. The summed E-state index contributed by atoms with van der Waals surface area (Å²) in [5.74, 6) is -0.620. The Morgan fingerprint density at radius 3 is 2.48 bits per heavy atom. The summed E-state index contributed by atoms with van der Waals surface area (Å²) in [6.07, 6.45) is 1.96. The lowest BCUT2D eigenvalue weighted by Gasteiger charge is -2.19. The highest BCUT2D eigenvalue weighted by Gasteiger charge is 2.35. The van der Waals surface area contributed by atoms with Gasteiger partial charge in [-0.05, 0) is 54.1 Å². The van der Waals surface area contributed by atoms with Crippen LogP contribution in [0.15, 0.2) is 76.4 Å². The molecule has 3 aromatic rings. The number of urea groups is 1. The molecule has 2 aromatic carbocycles. The summed E-state index contributed by atoms with van der Waals surface area (Å²) in [5.41, 5.74) is 7.21. The van der Waals surface area contributed by atoms with Crippen molar-refractivity contribution in [2.75, 3.05) is 11.9 Å². The van der Waals surface area contributed by atoms with Crippen molar-refractivity contribution in [1.82, 2.24) is 5.01 Å². The largest absolute Gasteiger partial charge is 0.467 e. The second-order valence-corrected chi connectivity index (χ2v) is 7.61. The van der Waals surface area contributed by atoms with E-state index >= 15 is 0 Å². The SMILES string of the molecule is NC(=O)Nc1ccc(C(=O)OCC(=O)N2N=C(c3ccc(Cl)cc3)CC2c2ccco2)cc1. The molecule has 1 unspecified atom stereocenters. The van der Waals surface area contributed by atoms with Gasteiger partial charge in [-0.2, -0.15) is 5.10 Å². The van der Waals surface area contributed by atoms with E-state index in [1.54, 1.807) is 24.3 Å². The molecule has 3 amide bonds. The van der Waals surface area contributed by atoms with Gasteiger partial charge in [0.1, 0.15) is 11.8 Å². The molecule has 0 fully saturated rings. The number of furan rings is 1. The molecule has 1 aliphatic heterocycles. The number of primary amides is 1. The van der Waals surface area contributed by atoms with E-state index in [-0.39, 0.29) is 5.56 Å². The van der Waals surface area contributed by atoms with Crippen molar-refractivity contribution in [3.63, 3.8) is 0 Å². The normalized spacial score (nSPS) is 15.1. The Bertz CT molecular complexity index is 1190. The van der Waals surface area contributed by atoms with Crippen molar-refractivity contribution in [1.29, 1.82) is 0 Å². The van der Waals surface area contributed by atoms with Crippen LogP contribution in [0.1, 0.15) is 34.1 Å². The average Bonchev–Trinajstić information content (AvgIpc) is 3.48. The molecule has 4 rings (SSSR count). The van der Waals surface area contributed by atoms with Crippen molar-refractivity contribution >= 4 is 40.9 Å². The summed E-state index contributed by atoms with van der Waals surface area (Å²) >= 11 is 5.97. The number of nitrogens with zero attached hydrogens (tertiary/aromatic N) is 2. The Labute approximate surface area is 193 Å². The summed E-state index contributed by atoms with van der Waals surface area (Å²) in [7, 11) is 0. The summed E-state index contributed by atoms with van der Waals surface area (Å²) < 4.78 is 10.7. The van der Waals surface area contributed by atoms with Gasteiger partial charge < -0.3 is 20.2 Å². The minimum atomic E-state index is -0.717. The molecule has 168 valence electrons. The highest BCUT2D eigenvalue weighted by Crippen LogP contribution is 2.33. The van der Waals surface area contributed by atoms with Crippen LogP contribution in [0.4, 0.5) is 10.5 Å². The first-order chi connectivity index (χ1) is 15.9. The van der Waals surface area contributed by atoms with Crippen molar-refractivity contribution in [2.24, 2.45) is 10.8 Å². The topological polar surface area (TPSA) is 127 Å². The zero-order valence-corrected chi connectivity index (χ0v) is 18.0. The number of anilines is 1. The molecule has 9 nitrogen and oxygen atoms in total. The van der Waals surface area contributed by atoms with Gasteiger partial charge in [-0.3, -0.25) is 4.79 Å². The number of rotatable bonds is 6. The molecule has 1 aliphatic rings. The number of nitrogens with two attached hydrogens (primary N) is 1. The van der Waals surface area contributed by atoms with Gasteiger partial charge in [0.15, 0.2) is 6.61 Å². The third-order valence-electron chi connectivity index (χ3n) is 4.93. The van der Waals surface area contributed by atoms with Crippen molar-refractivity contribution in [2.45, 2.75) is 12.5 Å². The second-order valence-electron chi connectivity index (χ2n) is 7.17. The summed E-state index contributed by atoms with van der Waals surface area (Å²) in [6.45, 7) is -0.505. The smallest absolute Gasteiger partial charge is 0.338 e. The number of halogens is 1. The van der Waals surface area contributed by atoms with E-state index in [1.807, 2.05) is 12.1 Å². The number of ether oxygens (including phenoxy) is 1. The maximum atomic E-state index is 12.9. The predicted octanol–water partition coefficient (Wildman–Crippen LogP) is 3.96. The van der Waals surface area contributed by atoms with Crippen LogP contribution < -0.4 is 11.1 Å². The Morgan fingerprint density at radius 2 is 1.85 bits per heavy atom. The average molecular weight is 467 g/mol. The molecule has 1 atom stereocenters. The van der Waals surface area contributed by atoms with Gasteiger partial charge in [0.05, 0.1) is 17.5 Å². The van der Waals surface area contributed by atoms with Crippen LogP contribution in [0.3, 0.4) is 0 Å². The molecule has 10 heteroatoms. The molecule has 0 saturated carbocycles. The van der Waals surface area contributed by atoms with Crippen molar-refractivity contribution < 1.29 is 23.5 Å². The third-order valence-corrected chi connectivity index (χ3v) is 5.18. The van der Waals surface area contributed by atoms with E-state index < -0.39 is 30.6 Å². The van der Waals surface area contributed by atoms with Gasteiger partial charge >= 0.3 is 12.0 Å². The van der Waals surface area contributed by atoms with Gasteiger partial charge in [-0.15, -0.1) is 0 Å². The maximum absolute atomic E-state index is 12.9. The van der Waals surface area contributed by atoms with Gasteiger partial charge in [-0.25, -0.2) is 14.6 Å². The zero-order chi connectivity index (χ0) is 23.4. The molecular weight excluding hydrogens is 448 g/mol. The molecule has 0 bridgehead atoms. The first kappa shape index (κ1) is 22.1. The predicted molar refractivity (Wildman–Crippen MR) is 121 cm³/mol. The maximum Gasteiger partial charge on any atom is 0.338 e. The number of amides is 3. The Balaban J connectivity index is 1.45. The molecule has 0 radical (unpaired) electrons. The van der Waals surface area contributed by atoms with Crippen LogP contribution in [-0.4, -0.2) is 35.2 Å². The van der Waals surface area contributed by atoms with Crippen LogP contribution >= 0.6 is 11.6 Å². The van der Waals surface area contributed by atoms with Crippen molar-refractivity contribution in [3.05, 3.63) is 88.8 Å². The second kappa shape index (κ2) is 9.58. The summed E-state index contributed by atoms with van der Waals surface area (Å²) in [6, 6.07) is 15.4. The van der Waals surface area contributed by atoms with Crippen LogP contribution in [0.5, 0.6) is 0 Å². The first-order valence-corrected chi connectivity index (χ1v) is 10.3. The van der Waals surface area contributed by atoms with E-state index in [4.69, 9.17) is 26.5 Å². The number of hydrogen-bond acceptors (Lipinski definition) is 6. The van der Waals surface area contributed by atoms with E-state index in [0.717, 1.165) is 5.56 Å². The standard InChI is InChI=1S/C23H19ClN4O5/c24-16-7-3-14(4-8-16)18-12-19(20-2-1-11-32-20)28(27-18)21(29)13-33-22(30)15-5-9-17(10-6-15)26-23(25)31/h1-11,19H,12-13H2,(H3,25,26,31). The highest BCUT2D eigenvalue weighted by molar-refractivity contribution is 6.30. The zero-order valence-electron chi connectivity index (χ0n) is 17.2. The van der Waals surface area contributed by atoms with Crippen molar-refractivity contribution in [3.8, 4) is 0 Å². The van der Waals surface area contributed by atoms with E-state index in [9.17, 15) is 14.4 Å². The lowest BCUT2D eigenvalue weighted by atomic mass is 10.0. The molecule has 0 aliphatic carbocycles. The number of esters is 1. The number of hydrazone groups is 1. The lowest BCUT2D eigenvalue weighted by molar-refractivity contribution is -0.136. The van der Waals surface area contributed by atoms with Crippen LogP contribution in [0.2, 0.25) is 5.02 Å². The summed E-state index contributed by atoms with van der Waals surface area (Å²) in [5, 5.41) is 8.73. The molecule has 0 saturated heterocycles. The molecule has 3 N–H and O–H groups in total. The Kier molecular flexibility index (Phi) is 6.41. The monoisotopic (exact) mass is 466 g/mol. The fraction of sp³-hybridized carbons (Fsp3) is 0.130. The van der Waals surface area contributed by atoms with Gasteiger partial charge in [0, 0.05) is 17.1 Å². The van der Waals surface area contributed by atoms with Gasteiger partial charge in [0.2, 0.25) is 0 Å². The van der Waals surface area contributed by atoms with Crippen LogP contribution in [-0.2, 0) is 9.53 Å². The highest BCUT2D eigenvalue weighted by atomic mass is 35.5. The fourth-order valence-corrected chi connectivity index (χ4v) is 3.49. The molecular formula is C23H19ClN4O5. The lowest BCUT2D eigenvalue weighted by Crippen LogP contribution is -2.31. The number of benzene rings is 2. The Hall–Kier alpha value is -4.11. The fourth-order valence-electron chi connectivity index (χ4n) is 3.37. The minimum absolute atomic E-state index is 0.215. The minimum Gasteiger partial charge on any atom is -0.467 e. The quantitative estimate of drug-likeness (QED) is 0.531. The van der Waals surface area contributed by atoms with E-state index in [2.05, 4.69) is 10.4 Å².